The topological polar surface area (TPSA) is 98.0 Å². The molecule has 4 heterocycles. The molecule has 9 heteroatoms. The maximum atomic E-state index is 6.29. The molecule has 0 amide bonds. The Morgan fingerprint density at radius 2 is 1.70 bits per heavy atom. The quantitative estimate of drug-likeness (QED) is 0.296. The van der Waals surface area contributed by atoms with Gasteiger partial charge in [0.2, 0.25) is 0 Å². The number of nitrogens with zero attached hydrogens (tertiary/aromatic N) is 5. The van der Waals surface area contributed by atoms with Crippen LogP contribution in [0.2, 0.25) is 0 Å². The van der Waals surface area contributed by atoms with Gasteiger partial charge in [-0.05, 0) is 44.7 Å². The third-order valence-corrected chi connectivity index (χ3v) is 6.80. The number of aromatic amines is 2. The summed E-state index contributed by atoms with van der Waals surface area (Å²) in [6, 6.07) is 20.5. The van der Waals surface area contributed by atoms with Crippen molar-refractivity contribution in [1.82, 2.24) is 30.0 Å². The molecule has 0 atom stereocenters. The van der Waals surface area contributed by atoms with Gasteiger partial charge in [0.25, 0.3) is 0 Å². The van der Waals surface area contributed by atoms with Crippen LogP contribution in [0.3, 0.4) is 0 Å². The van der Waals surface area contributed by atoms with Crippen molar-refractivity contribution in [3.8, 4) is 23.0 Å². The van der Waals surface area contributed by atoms with Crippen LogP contribution in [-0.2, 0) is 0 Å². The first-order chi connectivity index (χ1) is 18.0. The molecule has 0 saturated carbocycles. The Kier molecular flexibility index (Phi) is 5.97. The van der Waals surface area contributed by atoms with Crippen LogP contribution >= 0.6 is 0 Å². The summed E-state index contributed by atoms with van der Waals surface area (Å²) >= 11 is 0. The summed E-state index contributed by atoms with van der Waals surface area (Å²) in [5.41, 5.74) is 5.25. The molecule has 0 aliphatic carbocycles. The van der Waals surface area contributed by atoms with Crippen molar-refractivity contribution in [2.75, 3.05) is 43.4 Å². The van der Waals surface area contributed by atoms with Gasteiger partial charge in [0.15, 0.2) is 5.82 Å². The first kappa shape index (κ1) is 23.1. The molecule has 0 unspecified atom stereocenters. The molecular formula is C28H30N8O. The molecule has 3 aromatic heterocycles. The van der Waals surface area contributed by atoms with Crippen molar-refractivity contribution in [2.24, 2.45) is 0 Å². The van der Waals surface area contributed by atoms with Gasteiger partial charge in [0.05, 0.1) is 5.69 Å². The van der Waals surface area contributed by atoms with Gasteiger partial charge < -0.3 is 24.8 Å². The van der Waals surface area contributed by atoms with E-state index >= 15 is 0 Å². The van der Waals surface area contributed by atoms with Gasteiger partial charge in [-0.1, -0.05) is 30.3 Å². The third kappa shape index (κ3) is 4.85. The number of H-pyrrole nitrogens is 2. The summed E-state index contributed by atoms with van der Waals surface area (Å²) in [6.45, 7) is 7.85. The lowest BCUT2D eigenvalue weighted by atomic mass is 10.1. The minimum Gasteiger partial charge on any atom is -0.424 e. The van der Waals surface area contributed by atoms with E-state index in [0.29, 0.717) is 17.6 Å². The number of piperazine rings is 1. The fraction of sp³-hybridized carbons (Fsp3) is 0.250. The van der Waals surface area contributed by atoms with Crippen LogP contribution in [0.4, 0.5) is 17.5 Å². The smallest absolute Gasteiger partial charge is 0.325 e. The number of nitrogens with one attached hydrogen (secondary N) is 3. The predicted molar refractivity (Wildman–Crippen MR) is 147 cm³/mol. The van der Waals surface area contributed by atoms with E-state index in [1.807, 2.05) is 54.6 Å². The van der Waals surface area contributed by atoms with E-state index < -0.39 is 0 Å². The molecule has 0 bridgehead atoms. The van der Waals surface area contributed by atoms with Crippen molar-refractivity contribution in [3.63, 3.8) is 0 Å². The highest BCUT2D eigenvalue weighted by Crippen LogP contribution is 2.32. The summed E-state index contributed by atoms with van der Waals surface area (Å²) in [5, 5.41) is 12.0. The molecular weight excluding hydrogens is 464 g/mol. The van der Waals surface area contributed by atoms with Crippen LogP contribution in [-0.4, -0.2) is 63.3 Å². The summed E-state index contributed by atoms with van der Waals surface area (Å²) < 4.78 is 6.29. The lowest BCUT2D eigenvalue weighted by Crippen LogP contribution is -2.44. The van der Waals surface area contributed by atoms with Crippen LogP contribution in [0.15, 0.2) is 60.7 Å². The standard InChI is InChI=1S/C28H30N8O/c1-18-15-21-19(2)24(10-9-22(21)29-18)37-28-31-25(17-27(32-28)36-13-11-35(3)12-14-36)30-26-16-23(33-34-26)20-7-5-4-6-8-20/h4-10,15-17,29H,11-14H2,1-3H3,(H2,30,31,32,33,34). The van der Waals surface area contributed by atoms with Crippen molar-refractivity contribution in [2.45, 2.75) is 13.8 Å². The Morgan fingerprint density at radius 3 is 2.51 bits per heavy atom. The number of fused-ring (bicyclic) bond motifs is 1. The Balaban J connectivity index is 1.32. The molecule has 188 valence electrons. The molecule has 9 nitrogen and oxygen atoms in total. The SMILES string of the molecule is Cc1cc2c(C)c(Oc3nc(Nc4cc(-c5ccccc5)[nH]n4)cc(N4CCN(C)CC4)n3)ccc2[nH]1. The van der Waals surface area contributed by atoms with Crippen LogP contribution in [0, 0.1) is 13.8 Å². The van der Waals surface area contributed by atoms with Crippen LogP contribution in [0.25, 0.3) is 22.2 Å². The Morgan fingerprint density at radius 1 is 0.892 bits per heavy atom. The van der Waals surface area contributed by atoms with E-state index in [4.69, 9.17) is 14.7 Å². The average molecular weight is 495 g/mol. The second-order valence-corrected chi connectivity index (χ2v) is 9.55. The maximum Gasteiger partial charge on any atom is 0.325 e. The highest BCUT2D eigenvalue weighted by Gasteiger charge is 2.19. The van der Waals surface area contributed by atoms with Crippen LogP contribution in [0.5, 0.6) is 11.8 Å². The predicted octanol–water partition coefficient (Wildman–Crippen LogP) is 5.25. The monoisotopic (exact) mass is 494 g/mol. The number of aryl methyl sites for hydroxylation is 2. The van der Waals surface area contributed by atoms with Gasteiger partial charge in [-0.15, -0.1) is 0 Å². The molecule has 37 heavy (non-hydrogen) atoms. The zero-order valence-electron chi connectivity index (χ0n) is 21.2. The summed E-state index contributed by atoms with van der Waals surface area (Å²) in [7, 11) is 2.14. The molecule has 1 aliphatic heterocycles. The zero-order valence-corrected chi connectivity index (χ0v) is 21.2. The first-order valence-corrected chi connectivity index (χ1v) is 12.5. The lowest BCUT2D eigenvalue weighted by molar-refractivity contribution is 0.311. The summed E-state index contributed by atoms with van der Waals surface area (Å²) in [6.07, 6.45) is 0. The van der Waals surface area contributed by atoms with Gasteiger partial charge in [0, 0.05) is 60.5 Å². The molecule has 6 rings (SSSR count). The van der Waals surface area contributed by atoms with Gasteiger partial charge in [-0.2, -0.15) is 15.1 Å². The van der Waals surface area contributed by atoms with E-state index in [2.05, 4.69) is 57.3 Å². The van der Waals surface area contributed by atoms with Gasteiger partial charge in [-0.25, -0.2) is 0 Å². The highest BCUT2D eigenvalue weighted by molar-refractivity contribution is 5.86. The highest BCUT2D eigenvalue weighted by atomic mass is 16.5. The lowest BCUT2D eigenvalue weighted by Gasteiger charge is -2.33. The Labute approximate surface area is 215 Å². The zero-order chi connectivity index (χ0) is 25.4. The molecule has 0 radical (unpaired) electrons. The second-order valence-electron chi connectivity index (χ2n) is 9.55. The fourth-order valence-electron chi connectivity index (χ4n) is 4.68. The number of aromatic nitrogens is 5. The molecule has 5 aromatic rings. The third-order valence-electron chi connectivity index (χ3n) is 6.80. The van der Waals surface area contributed by atoms with Crippen molar-refractivity contribution >= 4 is 28.4 Å². The first-order valence-electron chi connectivity index (χ1n) is 12.5. The maximum absolute atomic E-state index is 6.29. The average Bonchev–Trinajstić information content (AvgIpc) is 3.53. The van der Waals surface area contributed by atoms with Crippen LogP contribution < -0.4 is 15.0 Å². The number of ether oxygens (including phenoxy) is 1. The second kappa shape index (κ2) is 9.59. The van der Waals surface area contributed by atoms with E-state index in [9.17, 15) is 0 Å². The number of likely N-dealkylation sites (N-methyl/N-ethyl adjacent to an activating group) is 1. The number of anilines is 3. The van der Waals surface area contributed by atoms with E-state index in [0.717, 1.165) is 71.2 Å². The largest absolute Gasteiger partial charge is 0.424 e. The molecule has 1 fully saturated rings. The normalized spacial score (nSPS) is 14.3. The molecule has 0 spiro atoms. The summed E-state index contributed by atoms with van der Waals surface area (Å²) in [4.78, 5) is 17.5. The fourth-order valence-corrected chi connectivity index (χ4v) is 4.68. The molecule has 1 aliphatic rings. The van der Waals surface area contributed by atoms with Crippen molar-refractivity contribution in [3.05, 3.63) is 71.9 Å². The molecule has 2 aromatic carbocycles. The number of rotatable bonds is 6. The van der Waals surface area contributed by atoms with E-state index in [1.165, 1.54) is 0 Å². The van der Waals surface area contributed by atoms with Crippen LogP contribution in [0.1, 0.15) is 11.3 Å². The summed E-state index contributed by atoms with van der Waals surface area (Å²) in [5.74, 6) is 2.87. The number of hydrogen-bond acceptors (Lipinski definition) is 7. The Bertz CT molecular complexity index is 1530. The Hall–Kier alpha value is -4.37. The van der Waals surface area contributed by atoms with Gasteiger partial charge in [-0.3, -0.25) is 5.10 Å². The van der Waals surface area contributed by atoms with Crippen molar-refractivity contribution < 1.29 is 4.74 Å². The van der Waals surface area contributed by atoms with Gasteiger partial charge in [0.1, 0.15) is 17.4 Å². The van der Waals surface area contributed by atoms with Crippen molar-refractivity contribution in [1.29, 1.82) is 0 Å². The number of benzene rings is 2. The number of hydrogen-bond donors (Lipinski definition) is 3. The molecule has 1 saturated heterocycles. The van der Waals surface area contributed by atoms with E-state index in [1.54, 1.807) is 0 Å². The minimum atomic E-state index is 0.299. The van der Waals surface area contributed by atoms with Gasteiger partial charge >= 0.3 is 6.01 Å². The minimum absolute atomic E-state index is 0.299. The van der Waals surface area contributed by atoms with E-state index in [-0.39, 0.29) is 0 Å². The molecule has 3 N–H and O–H groups in total.